The summed E-state index contributed by atoms with van der Waals surface area (Å²) in [6, 6.07) is 5.33. The highest BCUT2D eigenvalue weighted by Gasteiger charge is 2.12. The quantitative estimate of drug-likeness (QED) is 0.666. The predicted octanol–water partition coefficient (Wildman–Crippen LogP) is 3.18. The lowest BCUT2D eigenvalue weighted by Crippen LogP contribution is -1.96. The predicted molar refractivity (Wildman–Crippen MR) is 64.3 cm³/mol. The van der Waals surface area contributed by atoms with E-state index in [1.165, 1.54) is 10.6 Å². The van der Waals surface area contributed by atoms with Gasteiger partial charge in [0.25, 0.3) is 0 Å². The van der Waals surface area contributed by atoms with Crippen molar-refractivity contribution in [2.45, 2.75) is 0 Å². The number of halogens is 2. The Balaban J connectivity index is 2.25. The van der Waals surface area contributed by atoms with Crippen molar-refractivity contribution >= 4 is 27.8 Å². The van der Waals surface area contributed by atoms with Crippen molar-refractivity contribution in [3.63, 3.8) is 0 Å². The summed E-state index contributed by atoms with van der Waals surface area (Å²) in [6.07, 6.45) is 2.33. The molecule has 2 heterocycles. The Labute approximate surface area is 104 Å². The maximum atomic E-state index is 13.5. The second-order valence-electron chi connectivity index (χ2n) is 3.65. The lowest BCUT2D eigenvalue weighted by molar-refractivity contribution is 0.111. The zero-order valence-electron chi connectivity index (χ0n) is 8.93. The maximum Gasteiger partial charge on any atom is 0.195 e. The molecule has 0 aliphatic carbocycles. The number of carbonyl (C=O) groups is 1. The molecule has 3 rings (SSSR count). The lowest BCUT2D eigenvalue weighted by Gasteiger charge is -1.97. The van der Waals surface area contributed by atoms with E-state index in [9.17, 15) is 13.6 Å². The van der Waals surface area contributed by atoms with Gasteiger partial charge in [0.05, 0.1) is 10.4 Å². The van der Waals surface area contributed by atoms with Crippen molar-refractivity contribution in [2.75, 3.05) is 0 Å². The first-order chi connectivity index (χ1) is 8.69. The first-order valence-electron chi connectivity index (χ1n) is 5.07. The molecule has 0 aliphatic rings. The van der Waals surface area contributed by atoms with Crippen LogP contribution in [0.5, 0.6) is 0 Å². The number of carbonyl (C=O) groups excluding carboxylic acids is 1. The lowest BCUT2D eigenvalue weighted by atomic mass is 10.3. The van der Waals surface area contributed by atoms with Crippen LogP contribution >= 0.6 is 11.3 Å². The summed E-state index contributed by atoms with van der Waals surface area (Å²) in [6.45, 7) is 0. The third-order valence-corrected chi connectivity index (χ3v) is 3.51. The normalized spacial score (nSPS) is 11.0. The van der Waals surface area contributed by atoms with Gasteiger partial charge in [-0.25, -0.2) is 13.8 Å². The summed E-state index contributed by atoms with van der Waals surface area (Å²) in [7, 11) is 0. The standard InChI is InChI=1S/C12H6F2N2OS/c13-7-4-9(14)11-10(5-7)18-12(15-11)16-3-1-2-8(16)6-17/h1-6H. The van der Waals surface area contributed by atoms with Crippen molar-refractivity contribution in [1.82, 2.24) is 9.55 Å². The molecule has 6 heteroatoms. The molecule has 90 valence electrons. The Morgan fingerprint density at radius 2 is 2.17 bits per heavy atom. The van der Waals surface area contributed by atoms with E-state index in [4.69, 9.17) is 0 Å². The number of hydrogen-bond donors (Lipinski definition) is 0. The molecule has 0 bridgehead atoms. The first-order valence-corrected chi connectivity index (χ1v) is 5.89. The van der Waals surface area contributed by atoms with E-state index in [2.05, 4.69) is 4.98 Å². The van der Waals surface area contributed by atoms with E-state index >= 15 is 0 Å². The summed E-state index contributed by atoms with van der Waals surface area (Å²) in [5, 5.41) is 0.432. The summed E-state index contributed by atoms with van der Waals surface area (Å²) >= 11 is 1.13. The number of thiazole rings is 1. The fraction of sp³-hybridized carbons (Fsp3) is 0. The van der Waals surface area contributed by atoms with E-state index in [1.54, 1.807) is 18.3 Å². The Hall–Kier alpha value is -2.08. The van der Waals surface area contributed by atoms with Gasteiger partial charge >= 0.3 is 0 Å². The molecule has 0 saturated carbocycles. The van der Waals surface area contributed by atoms with Crippen LogP contribution in [0.15, 0.2) is 30.5 Å². The largest absolute Gasteiger partial charge is 0.296 e. The van der Waals surface area contributed by atoms with Gasteiger partial charge in [-0.15, -0.1) is 0 Å². The molecule has 18 heavy (non-hydrogen) atoms. The van der Waals surface area contributed by atoms with Crippen molar-refractivity contribution in [1.29, 1.82) is 0 Å². The molecule has 0 radical (unpaired) electrons. The minimum Gasteiger partial charge on any atom is -0.296 e. The minimum absolute atomic E-state index is 0.113. The van der Waals surface area contributed by atoms with Crippen LogP contribution in [0.3, 0.4) is 0 Å². The van der Waals surface area contributed by atoms with Crippen LogP contribution in [-0.4, -0.2) is 15.8 Å². The number of hydrogen-bond acceptors (Lipinski definition) is 3. The van der Waals surface area contributed by atoms with Crippen LogP contribution in [0.1, 0.15) is 10.5 Å². The minimum atomic E-state index is -0.702. The molecule has 1 aromatic carbocycles. The monoisotopic (exact) mass is 264 g/mol. The fourth-order valence-electron chi connectivity index (χ4n) is 1.71. The van der Waals surface area contributed by atoms with Gasteiger partial charge in [-0.1, -0.05) is 11.3 Å². The van der Waals surface area contributed by atoms with Crippen LogP contribution in [0.2, 0.25) is 0 Å². The number of benzene rings is 1. The van der Waals surface area contributed by atoms with Gasteiger partial charge in [0.2, 0.25) is 0 Å². The molecule has 0 spiro atoms. The molecule has 0 N–H and O–H groups in total. The molecule has 0 atom stereocenters. The van der Waals surface area contributed by atoms with Gasteiger partial charge in [0.15, 0.2) is 17.2 Å². The summed E-state index contributed by atoms with van der Waals surface area (Å²) in [5.74, 6) is -1.34. The fourth-order valence-corrected chi connectivity index (χ4v) is 2.72. The van der Waals surface area contributed by atoms with Crippen LogP contribution in [0, 0.1) is 11.6 Å². The SMILES string of the molecule is O=Cc1cccn1-c1nc2c(F)cc(F)cc2s1. The van der Waals surface area contributed by atoms with Crippen molar-refractivity contribution in [3.8, 4) is 5.13 Å². The average Bonchev–Trinajstić information content (AvgIpc) is 2.92. The topological polar surface area (TPSA) is 34.9 Å². The van der Waals surface area contributed by atoms with Crippen molar-refractivity contribution in [2.24, 2.45) is 0 Å². The van der Waals surface area contributed by atoms with Gasteiger partial charge < -0.3 is 0 Å². The maximum absolute atomic E-state index is 13.5. The highest BCUT2D eigenvalue weighted by Crippen LogP contribution is 2.28. The highest BCUT2D eigenvalue weighted by atomic mass is 32.1. The van der Waals surface area contributed by atoms with Crippen molar-refractivity contribution < 1.29 is 13.6 Å². The van der Waals surface area contributed by atoms with Gasteiger partial charge in [0, 0.05) is 12.3 Å². The van der Waals surface area contributed by atoms with Crippen LogP contribution in [0.25, 0.3) is 15.3 Å². The highest BCUT2D eigenvalue weighted by molar-refractivity contribution is 7.20. The number of fused-ring (bicyclic) bond motifs is 1. The molecule has 3 aromatic rings. The first kappa shape index (κ1) is 11.0. The van der Waals surface area contributed by atoms with Crippen molar-refractivity contribution in [3.05, 3.63) is 47.8 Å². The van der Waals surface area contributed by atoms with Crippen LogP contribution in [-0.2, 0) is 0 Å². The molecule has 0 aliphatic heterocycles. The number of nitrogens with zero attached hydrogens (tertiary/aromatic N) is 2. The van der Waals surface area contributed by atoms with E-state index in [1.807, 2.05) is 0 Å². The summed E-state index contributed by atoms with van der Waals surface area (Å²) in [5.41, 5.74) is 0.525. The molecular formula is C12H6F2N2OS. The molecule has 0 unspecified atom stereocenters. The smallest absolute Gasteiger partial charge is 0.195 e. The Morgan fingerprint density at radius 1 is 1.33 bits per heavy atom. The number of aldehydes is 1. The van der Waals surface area contributed by atoms with Gasteiger partial charge in [0.1, 0.15) is 11.3 Å². The second kappa shape index (κ2) is 3.99. The van der Waals surface area contributed by atoms with Gasteiger partial charge in [-0.2, -0.15) is 0 Å². The van der Waals surface area contributed by atoms with E-state index in [0.29, 0.717) is 21.8 Å². The zero-order chi connectivity index (χ0) is 12.7. The van der Waals surface area contributed by atoms with E-state index in [0.717, 1.165) is 17.4 Å². The second-order valence-corrected chi connectivity index (χ2v) is 4.66. The molecule has 0 amide bonds. The molecule has 0 saturated heterocycles. The molecule has 3 nitrogen and oxygen atoms in total. The average molecular weight is 264 g/mol. The molecule has 0 fully saturated rings. The molecular weight excluding hydrogens is 258 g/mol. The number of rotatable bonds is 2. The van der Waals surface area contributed by atoms with E-state index in [-0.39, 0.29) is 5.52 Å². The summed E-state index contributed by atoms with van der Waals surface area (Å²) < 4.78 is 28.5. The van der Waals surface area contributed by atoms with Crippen LogP contribution in [0.4, 0.5) is 8.78 Å². The molecule has 2 aromatic heterocycles. The van der Waals surface area contributed by atoms with Gasteiger partial charge in [-0.05, 0) is 18.2 Å². The van der Waals surface area contributed by atoms with E-state index < -0.39 is 11.6 Å². The Bertz CT molecular complexity index is 748. The Kier molecular flexibility index (Phi) is 2.45. The van der Waals surface area contributed by atoms with Gasteiger partial charge in [-0.3, -0.25) is 9.36 Å². The third-order valence-electron chi connectivity index (χ3n) is 2.51. The Morgan fingerprint density at radius 3 is 2.94 bits per heavy atom. The van der Waals surface area contributed by atoms with Crippen LogP contribution < -0.4 is 0 Å². The zero-order valence-corrected chi connectivity index (χ0v) is 9.75. The number of aromatic nitrogens is 2. The third kappa shape index (κ3) is 1.62. The summed E-state index contributed by atoms with van der Waals surface area (Å²) in [4.78, 5) is 14.9.